The molecule has 2 aromatic rings. The Hall–Kier alpha value is -2.16. The van der Waals surface area contributed by atoms with E-state index in [1.807, 2.05) is 12.2 Å². The lowest BCUT2D eigenvalue weighted by Crippen LogP contribution is -2.47. The van der Waals surface area contributed by atoms with Crippen LogP contribution in [0, 0.1) is 5.92 Å². The molecule has 0 amide bonds. The molecule has 0 aliphatic rings. The maximum absolute atomic E-state index is 6.18. The zero-order chi connectivity index (χ0) is 19.5. The second-order valence-corrected chi connectivity index (χ2v) is 7.30. The highest BCUT2D eigenvalue weighted by Gasteiger charge is 2.30. The molecule has 0 N–H and O–H groups in total. The first-order valence-electron chi connectivity index (χ1n) is 9.81. The van der Waals surface area contributed by atoms with E-state index in [9.17, 15) is 0 Å². The Morgan fingerprint density at radius 1 is 0.852 bits per heavy atom. The minimum Gasteiger partial charge on any atom is -0.372 e. The van der Waals surface area contributed by atoms with E-state index in [2.05, 4.69) is 92.6 Å². The molecule has 144 valence electrons. The lowest BCUT2D eigenvalue weighted by atomic mass is 9.93. The second kappa shape index (κ2) is 11.5. The maximum atomic E-state index is 6.18. The normalized spacial score (nSPS) is 13.5. The molecule has 2 aromatic carbocycles. The Morgan fingerprint density at radius 3 is 1.78 bits per heavy atom. The van der Waals surface area contributed by atoms with Crippen LogP contribution in [0.25, 0.3) is 0 Å². The van der Waals surface area contributed by atoms with Gasteiger partial charge in [-0.05, 0) is 23.5 Å². The third-order valence-electron chi connectivity index (χ3n) is 4.77. The molecular formula is C25H33NO. The van der Waals surface area contributed by atoms with Gasteiger partial charge in [0.15, 0.2) is 0 Å². The first-order valence-corrected chi connectivity index (χ1v) is 9.81. The number of hydrogen-bond donors (Lipinski definition) is 0. The number of hydrogen-bond acceptors (Lipinski definition) is 2. The fourth-order valence-corrected chi connectivity index (χ4v) is 3.65. The summed E-state index contributed by atoms with van der Waals surface area (Å²) in [6.07, 6.45) is 4.71. The summed E-state index contributed by atoms with van der Waals surface area (Å²) in [5.74, 6) is 0.451. The fraction of sp³-hybridized carbons (Fsp3) is 0.360. The van der Waals surface area contributed by atoms with E-state index in [1.54, 1.807) is 0 Å². The summed E-state index contributed by atoms with van der Waals surface area (Å²) in [5.41, 5.74) is 2.64. The van der Waals surface area contributed by atoms with E-state index < -0.39 is 0 Å². The number of rotatable bonds is 12. The monoisotopic (exact) mass is 363 g/mol. The molecule has 2 heteroatoms. The molecule has 0 bridgehead atoms. The topological polar surface area (TPSA) is 12.5 Å². The zero-order valence-electron chi connectivity index (χ0n) is 16.8. The van der Waals surface area contributed by atoms with Crippen molar-refractivity contribution in [3.63, 3.8) is 0 Å². The van der Waals surface area contributed by atoms with Gasteiger partial charge in [-0.3, -0.25) is 4.90 Å². The van der Waals surface area contributed by atoms with Gasteiger partial charge in [0, 0.05) is 19.1 Å². The van der Waals surface area contributed by atoms with Crippen LogP contribution in [-0.4, -0.2) is 23.7 Å². The van der Waals surface area contributed by atoms with Gasteiger partial charge in [-0.2, -0.15) is 0 Å². The molecule has 0 saturated heterocycles. The summed E-state index contributed by atoms with van der Waals surface area (Å²) in [6.45, 7) is 14.7. The lowest BCUT2D eigenvalue weighted by Gasteiger charge is -2.39. The van der Waals surface area contributed by atoms with Crippen LogP contribution in [0.2, 0.25) is 0 Å². The van der Waals surface area contributed by atoms with Crippen molar-refractivity contribution >= 4 is 0 Å². The number of nitrogens with zero attached hydrogens (tertiary/aromatic N) is 1. The van der Waals surface area contributed by atoms with Gasteiger partial charge in [-0.1, -0.05) is 86.7 Å². The highest BCUT2D eigenvalue weighted by Crippen LogP contribution is 2.24. The molecule has 2 atom stereocenters. The molecule has 0 saturated carbocycles. The van der Waals surface area contributed by atoms with Crippen LogP contribution < -0.4 is 0 Å². The predicted molar refractivity (Wildman–Crippen MR) is 116 cm³/mol. The summed E-state index contributed by atoms with van der Waals surface area (Å²) in [5, 5.41) is 0. The highest BCUT2D eigenvalue weighted by atomic mass is 16.5. The van der Waals surface area contributed by atoms with E-state index in [-0.39, 0.29) is 12.1 Å². The molecule has 0 aliphatic carbocycles. The molecule has 0 heterocycles. The van der Waals surface area contributed by atoms with Crippen molar-refractivity contribution in [1.29, 1.82) is 0 Å². The van der Waals surface area contributed by atoms with Crippen LogP contribution in [0.1, 0.15) is 31.4 Å². The third-order valence-corrected chi connectivity index (χ3v) is 4.77. The molecule has 0 aromatic heterocycles. The lowest BCUT2D eigenvalue weighted by molar-refractivity contribution is -0.0255. The Bertz CT molecular complexity index is 624. The van der Waals surface area contributed by atoms with Crippen LogP contribution >= 0.6 is 0 Å². The van der Waals surface area contributed by atoms with Gasteiger partial charge in [-0.25, -0.2) is 0 Å². The van der Waals surface area contributed by atoms with Crippen molar-refractivity contribution in [2.75, 3.05) is 6.61 Å². The van der Waals surface area contributed by atoms with Crippen molar-refractivity contribution in [3.05, 3.63) is 97.1 Å². The van der Waals surface area contributed by atoms with Crippen LogP contribution in [0.15, 0.2) is 86.0 Å². The average Bonchev–Trinajstić information content (AvgIpc) is 2.67. The summed E-state index contributed by atoms with van der Waals surface area (Å²) in [4.78, 5) is 2.55. The molecule has 1 unspecified atom stereocenters. The van der Waals surface area contributed by atoms with Crippen molar-refractivity contribution in [3.8, 4) is 0 Å². The SMILES string of the molecule is C=CCOC(CC=C)[C@@H](C(C)C)N(Cc1ccccc1)Cc1ccccc1. The second-order valence-electron chi connectivity index (χ2n) is 7.30. The third kappa shape index (κ3) is 6.82. The largest absolute Gasteiger partial charge is 0.372 e. The quantitative estimate of drug-likeness (QED) is 0.438. The van der Waals surface area contributed by atoms with Crippen LogP contribution in [0.3, 0.4) is 0 Å². The summed E-state index contributed by atoms with van der Waals surface area (Å²) in [6, 6.07) is 21.6. The molecule has 0 fully saturated rings. The zero-order valence-corrected chi connectivity index (χ0v) is 16.8. The first kappa shape index (κ1) is 21.1. The molecule has 2 nitrogen and oxygen atoms in total. The smallest absolute Gasteiger partial charge is 0.0771 e. The van der Waals surface area contributed by atoms with Crippen molar-refractivity contribution in [1.82, 2.24) is 4.90 Å². The summed E-state index contributed by atoms with van der Waals surface area (Å²) >= 11 is 0. The van der Waals surface area contributed by atoms with Gasteiger partial charge in [0.2, 0.25) is 0 Å². The van der Waals surface area contributed by atoms with Gasteiger partial charge < -0.3 is 4.74 Å². The predicted octanol–water partition coefficient (Wildman–Crippen LogP) is 5.86. The van der Waals surface area contributed by atoms with Crippen LogP contribution in [0.5, 0.6) is 0 Å². The van der Waals surface area contributed by atoms with E-state index in [4.69, 9.17) is 4.74 Å². The van der Waals surface area contributed by atoms with E-state index in [1.165, 1.54) is 11.1 Å². The number of ether oxygens (including phenoxy) is 1. The Balaban J connectivity index is 2.32. The molecule has 0 aliphatic heterocycles. The Morgan fingerprint density at radius 2 is 1.37 bits per heavy atom. The molecule has 2 rings (SSSR count). The van der Waals surface area contributed by atoms with Crippen molar-refractivity contribution in [2.24, 2.45) is 5.92 Å². The standard InChI is InChI=1S/C25H33NO/c1-5-13-24(27-18-6-2)25(21(3)4)26(19-22-14-9-7-10-15-22)20-23-16-11-8-12-17-23/h5-12,14-17,21,24-25H,1-2,13,18-20H2,3-4H3/t24?,25-/m1/s1. The van der Waals surface area contributed by atoms with Crippen molar-refractivity contribution < 1.29 is 4.74 Å². The van der Waals surface area contributed by atoms with Crippen molar-refractivity contribution in [2.45, 2.75) is 45.5 Å². The minimum atomic E-state index is 0.0907. The number of benzene rings is 2. The first-order chi connectivity index (χ1) is 13.2. The average molecular weight is 364 g/mol. The van der Waals surface area contributed by atoms with Gasteiger partial charge in [0.25, 0.3) is 0 Å². The van der Waals surface area contributed by atoms with Crippen LogP contribution in [0.4, 0.5) is 0 Å². The van der Waals surface area contributed by atoms with E-state index in [0.29, 0.717) is 12.5 Å². The highest BCUT2D eigenvalue weighted by molar-refractivity contribution is 5.17. The summed E-state index contributed by atoms with van der Waals surface area (Å²) in [7, 11) is 0. The molecule has 0 spiro atoms. The van der Waals surface area contributed by atoms with Gasteiger partial charge in [0.05, 0.1) is 12.7 Å². The van der Waals surface area contributed by atoms with E-state index in [0.717, 1.165) is 19.5 Å². The molecular weight excluding hydrogens is 330 g/mol. The Labute approximate surface area is 165 Å². The summed E-state index contributed by atoms with van der Waals surface area (Å²) < 4.78 is 6.18. The van der Waals surface area contributed by atoms with Gasteiger partial charge in [-0.15, -0.1) is 13.2 Å². The minimum absolute atomic E-state index is 0.0907. The van der Waals surface area contributed by atoms with E-state index >= 15 is 0 Å². The van der Waals surface area contributed by atoms with Crippen LogP contribution in [-0.2, 0) is 17.8 Å². The fourth-order valence-electron chi connectivity index (χ4n) is 3.65. The Kier molecular flexibility index (Phi) is 9.03. The van der Waals surface area contributed by atoms with Gasteiger partial charge >= 0.3 is 0 Å². The molecule has 0 radical (unpaired) electrons. The van der Waals surface area contributed by atoms with Gasteiger partial charge in [0.1, 0.15) is 0 Å². The maximum Gasteiger partial charge on any atom is 0.0771 e. The molecule has 27 heavy (non-hydrogen) atoms.